The van der Waals surface area contributed by atoms with Gasteiger partial charge >= 0.3 is 5.97 Å². The molecule has 4 aliphatic rings. The number of piperidine rings is 2. The highest BCUT2D eigenvalue weighted by atomic mass is 16.6. The molecule has 2 aliphatic carbocycles. The van der Waals surface area contributed by atoms with Crippen LogP contribution in [0.1, 0.15) is 135 Å². The average Bonchev–Trinajstić information content (AvgIpc) is 3.89. The van der Waals surface area contributed by atoms with Crippen molar-refractivity contribution < 1.29 is 19.1 Å². The third-order valence-electron chi connectivity index (χ3n) is 14.8. The van der Waals surface area contributed by atoms with Crippen molar-refractivity contribution in [1.29, 1.82) is 0 Å². The van der Waals surface area contributed by atoms with Gasteiger partial charge in [-0.05, 0) is 149 Å². The minimum atomic E-state index is -0.445. The van der Waals surface area contributed by atoms with E-state index in [9.17, 15) is 14.4 Å². The number of hydrogen-bond acceptors (Lipinski definition) is 15. The highest BCUT2D eigenvalue weighted by molar-refractivity contribution is 6.06. The number of nitrogens with zero attached hydrogens (tertiary/aromatic N) is 10. The Morgan fingerprint density at radius 1 is 0.680 bits per heavy atom. The number of fused-ring (bicyclic) bond motifs is 6. The summed E-state index contributed by atoms with van der Waals surface area (Å²) >= 11 is 0. The largest absolute Gasteiger partial charge is 0.460 e. The molecule has 6 heterocycles. The van der Waals surface area contributed by atoms with Crippen molar-refractivity contribution in [3.8, 4) is 22.8 Å². The molecule has 8 N–H and O–H groups in total. The van der Waals surface area contributed by atoms with Crippen LogP contribution in [0.3, 0.4) is 0 Å². The van der Waals surface area contributed by atoms with Crippen molar-refractivity contribution in [2.45, 2.75) is 129 Å². The molecule has 0 unspecified atom stereocenters. The fourth-order valence-corrected chi connectivity index (χ4v) is 11.3. The zero-order chi connectivity index (χ0) is 53.6. The molecule has 0 radical (unpaired) electrons. The maximum absolute atomic E-state index is 13.6. The van der Waals surface area contributed by atoms with Gasteiger partial charge < -0.3 is 32.6 Å². The molecule has 6 aromatic rings. The SMILES string of the molecule is Cn1nc(C(=O)Nc2cccc(CN3CCC(CC(=O)OC(C)(C)C)CC3)c2)c2c1-c1nc(N)ncc1CC2(C)C.Cn1nc(C(=O)Nc2cccc(CN3CCC(N)CC3)c2)c2c1-c1nc(N)ncc1CC2(C)C. The minimum absolute atomic E-state index is 0.112. The van der Waals surface area contributed by atoms with Gasteiger partial charge in [-0.15, -0.1) is 0 Å². The van der Waals surface area contributed by atoms with E-state index in [1.54, 1.807) is 21.8 Å². The minimum Gasteiger partial charge on any atom is -0.460 e. The van der Waals surface area contributed by atoms with Gasteiger partial charge in [-0.3, -0.25) is 33.5 Å². The number of hydrogen-bond donors (Lipinski definition) is 5. The predicted octanol–water partition coefficient (Wildman–Crippen LogP) is 6.96. The molecule has 0 saturated carbocycles. The lowest BCUT2D eigenvalue weighted by Gasteiger charge is -2.32. The summed E-state index contributed by atoms with van der Waals surface area (Å²) < 4.78 is 8.95. The van der Waals surface area contributed by atoms with Crippen LogP contribution in [0.5, 0.6) is 0 Å². The number of nitrogens with two attached hydrogens (primary N) is 3. The summed E-state index contributed by atoms with van der Waals surface area (Å²) in [5.41, 5.74) is 28.2. The zero-order valence-corrected chi connectivity index (χ0v) is 45.0. The van der Waals surface area contributed by atoms with E-state index in [0.717, 1.165) is 132 Å². The molecule has 396 valence electrons. The average molecular weight is 1020 g/mol. The number of likely N-dealkylation sites (tertiary alicyclic amines) is 2. The normalized spacial score (nSPS) is 17.4. The standard InChI is InChI=1S/C31H41N7O3.C25H32N8O/c1-30(2,3)41-23(39)15-19-10-12-38(13-11-19)18-20-8-7-9-22(14-20)34-28(40)26-24-27(37(6)36-26)25-21(16-31(24,4)5)17-33-29(32)35-25;1-25(2)12-16-13-28-24(27)30-20(16)22-19(25)21(31-32(22)3)23(34)29-18-6-4-5-15(11-18)14-33-9-7-17(26)8-10-33/h7-9,14,17,19H,10-13,15-16,18H2,1-6H3,(H,34,40)(H2,32,33,35);4-6,11,13,17H,7-10,12,14,26H2,1-3H3,(H,29,34)(H2,27,28,30). The number of esters is 1. The molecule has 19 heteroatoms. The summed E-state index contributed by atoms with van der Waals surface area (Å²) in [4.78, 5) is 61.3. The van der Waals surface area contributed by atoms with Crippen molar-refractivity contribution in [3.05, 3.63) is 106 Å². The maximum atomic E-state index is 13.6. The second-order valence-corrected chi connectivity index (χ2v) is 23.1. The molecule has 2 fully saturated rings. The second-order valence-electron chi connectivity index (χ2n) is 23.1. The Kier molecular flexibility index (Phi) is 14.7. The number of anilines is 4. The highest BCUT2D eigenvalue weighted by Gasteiger charge is 2.41. The lowest BCUT2D eigenvalue weighted by atomic mass is 9.73. The fraction of sp³-hybridized carbons (Fsp3) is 0.482. The number of aromatic nitrogens is 8. The van der Waals surface area contributed by atoms with Gasteiger partial charge in [0.1, 0.15) is 5.60 Å². The van der Waals surface area contributed by atoms with Crippen molar-refractivity contribution in [2.75, 3.05) is 48.3 Å². The van der Waals surface area contributed by atoms with E-state index in [1.165, 1.54) is 0 Å². The Hall–Kier alpha value is -7.09. The quantitative estimate of drug-likeness (QED) is 0.0870. The van der Waals surface area contributed by atoms with Crippen LogP contribution in [0.25, 0.3) is 22.8 Å². The van der Waals surface area contributed by atoms with Gasteiger partial charge in [0.15, 0.2) is 11.4 Å². The number of rotatable bonds is 10. The zero-order valence-electron chi connectivity index (χ0n) is 45.0. The van der Waals surface area contributed by atoms with Crippen LogP contribution >= 0.6 is 0 Å². The molecule has 2 amide bonds. The van der Waals surface area contributed by atoms with Gasteiger partial charge in [0.2, 0.25) is 11.9 Å². The summed E-state index contributed by atoms with van der Waals surface area (Å²) in [7, 11) is 3.67. The summed E-state index contributed by atoms with van der Waals surface area (Å²) in [5, 5.41) is 15.4. The van der Waals surface area contributed by atoms with Crippen LogP contribution in [-0.2, 0) is 60.4 Å². The van der Waals surface area contributed by atoms with Gasteiger partial charge in [0, 0.05) is 74.5 Å². The van der Waals surface area contributed by atoms with Gasteiger partial charge in [-0.2, -0.15) is 10.2 Å². The predicted molar refractivity (Wildman–Crippen MR) is 290 cm³/mol. The second kappa shape index (κ2) is 20.9. The number of amides is 2. The Morgan fingerprint density at radius 2 is 1.11 bits per heavy atom. The number of nitrogens with one attached hydrogen (secondary N) is 2. The first-order chi connectivity index (χ1) is 35.5. The molecule has 2 saturated heterocycles. The summed E-state index contributed by atoms with van der Waals surface area (Å²) in [6, 6.07) is 16.3. The number of carbonyl (C=O) groups is 3. The number of nitrogen functional groups attached to an aromatic ring is 2. The first-order valence-electron chi connectivity index (χ1n) is 26.1. The van der Waals surface area contributed by atoms with Crippen molar-refractivity contribution in [1.82, 2.24) is 49.3 Å². The van der Waals surface area contributed by atoms with Crippen molar-refractivity contribution in [3.63, 3.8) is 0 Å². The van der Waals surface area contributed by atoms with Gasteiger partial charge in [-0.25, -0.2) is 19.9 Å². The number of ether oxygens (including phenoxy) is 1. The summed E-state index contributed by atoms with van der Waals surface area (Å²) in [6.45, 7) is 19.7. The lowest BCUT2D eigenvalue weighted by Crippen LogP contribution is -2.39. The number of aryl methyl sites for hydroxylation is 2. The van der Waals surface area contributed by atoms with Crippen LogP contribution < -0.4 is 27.8 Å². The van der Waals surface area contributed by atoms with Crippen LogP contribution in [0.2, 0.25) is 0 Å². The molecule has 10 rings (SSSR count). The lowest BCUT2D eigenvalue weighted by molar-refractivity contribution is -0.156. The van der Waals surface area contributed by atoms with Crippen LogP contribution in [0.15, 0.2) is 60.9 Å². The third-order valence-corrected chi connectivity index (χ3v) is 14.8. The van der Waals surface area contributed by atoms with Crippen molar-refractivity contribution in [2.24, 2.45) is 25.7 Å². The monoisotopic (exact) mass is 1020 g/mol. The summed E-state index contributed by atoms with van der Waals surface area (Å²) in [6.07, 6.45) is 9.40. The molecule has 19 nitrogen and oxygen atoms in total. The number of benzene rings is 2. The Bertz CT molecular complexity index is 3120. The molecular weight excluding hydrogens is 947 g/mol. The molecule has 0 spiro atoms. The van der Waals surface area contributed by atoms with Gasteiger partial charge in [-0.1, -0.05) is 52.0 Å². The topological polar surface area (TPSA) is 256 Å². The highest BCUT2D eigenvalue weighted by Crippen LogP contribution is 2.45. The first kappa shape index (κ1) is 52.8. The molecule has 4 aromatic heterocycles. The Balaban J connectivity index is 0.000000187. The molecule has 2 aliphatic heterocycles. The first-order valence-corrected chi connectivity index (χ1v) is 26.1. The van der Waals surface area contributed by atoms with E-state index in [-0.39, 0.29) is 40.5 Å². The fourth-order valence-electron chi connectivity index (χ4n) is 11.3. The van der Waals surface area contributed by atoms with Gasteiger partial charge in [0.05, 0.1) is 22.8 Å². The molecule has 0 atom stereocenters. The Morgan fingerprint density at radius 3 is 1.53 bits per heavy atom. The molecular formula is C56H73N15O4. The third kappa shape index (κ3) is 11.9. The van der Waals surface area contributed by atoms with Crippen LogP contribution in [0.4, 0.5) is 23.3 Å². The van der Waals surface area contributed by atoms with E-state index in [1.807, 2.05) is 71.3 Å². The van der Waals surface area contributed by atoms with Crippen molar-refractivity contribution >= 4 is 41.1 Å². The molecule has 0 bridgehead atoms. The summed E-state index contributed by atoms with van der Waals surface area (Å²) in [5.74, 6) is 0.181. The number of carbonyl (C=O) groups excluding carboxylic acids is 3. The van der Waals surface area contributed by atoms with E-state index in [0.29, 0.717) is 42.6 Å². The molecule has 2 aromatic carbocycles. The Labute approximate surface area is 439 Å². The van der Waals surface area contributed by atoms with Crippen LogP contribution in [0, 0.1) is 5.92 Å². The molecule has 75 heavy (non-hydrogen) atoms. The van der Waals surface area contributed by atoms with E-state index in [2.05, 4.69) is 90.4 Å². The van der Waals surface area contributed by atoms with Crippen LogP contribution in [-0.4, -0.2) is 105 Å². The van der Waals surface area contributed by atoms with E-state index in [4.69, 9.17) is 21.9 Å². The smallest absolute Gasteiger partial charge is 0.306 e. The maximum Gasteiger partial charge on any atom is 0.306 e. The van der Waals surface area contributed by atoms with E-state index < -0.39 is 5.60 Å². The van der Waals surface area contributed by atoms with E-state index >= 15 is 0 Å². The van der Waals surface area contributed by atoms with Gasteiger partial charge in [0.25, 0.3) is 11.8 Å².